The molecule has 2 aromatic carbocycles. The van der Waals surface area contributed by atoms with Crippen molar-refractivity contribution in [2.75, 3.05) is 6.61 Å². The van der Waals surface area contributed by atoms with Crippen LogP contribution in [0.5, 0.6) is 11.5 Å². The molecular formula is C18H20O4. The van der Waals surface area contributed by atoms with Crippen LogP contribution < -0.4 is 0 Å². The number of phenols is 2. The van der Waals surface area contributed by atoms with E-state index >= 15 is 0 Å². The van der Waals surface area contributed by atoms with Crippen molar-refractivity contribution in [3.8, 4) is 22.6 Å². The van der Waals surface area contributed by atoms with Crippen LogP contribution in [0.1, 0.15) is 11.1 Å². The monoisotopic (exact) mass is 300 g/mol. The molecule has 4 heteroatoms. The van der Waals surface area contributed by atoms with E-state index in [1.165, 1.54) is 0 Å². The van der Waals surface area contributed by atoms with E-state index in [-0.39, 0.29) is 18.1 Å². The Hall–Kier alpha value is -2.30. The molecule has 0 unspecified atom stereocenters. The summed E-state index contributed by atoms with van der Waals surface area (Å²) < 4.78 is 0. The SMILES string of the molecule is C=CCc1cc(-c2cc(C[C@H](O)CO)ccc2O)ccc1O. The van der Waals surface area contributed by atoms with Gasteiger partial charge in [-0.1, -0.05) is 18.2 Å². The number of aliphatic hydroxyl groups excluding tert-OH is 2. The van der Waals surface area contributed by atoms with Gasteiger partial charge in [-0.25, -0.2) is 0 Å². The van der Waals surface area contributed by atoms with E-state index in [0.717, 1.165) is 16.7 Å². The molecule has 4 nitrogen and oxygen atoms in total. The van der Waals surface area contributed by atoms with Gasteiger partial charge in [0.05, 0.1) is 12.7 Å². The first-order valence-corrected chi connectivity index (χ1v) is 7.09. The summed E-state index contributed by atoms with van der Waals surface area (Å²) in [6.45, 7) is 3.35. The van der Waals surface area contributed by atoms with Crippen LogP contribution in [0.25, 0.3) is 11.1 Å². The second-order valence-corrected chi connectivity index (χ2v) is 5.23. The van der Waals surface area contributed by atoms with Crippen LogP contribution in [0, 0.1) is 0 Å². The summed E-state index contributed by atoms with van der Waals surface area (Å²) in [5.74, 6) is 0.312. The lowest BCUT2D eigenvalue weighted by Crippen LogP contribution is -2.14. The van der Waals surface area contributed by atoms with Crippen molar-refractivity contribution in [3.05, 3.63) is 60.2 Å². The molecule has 0 aliphatic heterocycles. The van der Waals surface area contributed by atoms with E-state index in [2.05, 4.69) is 6.58 Å². The number of benzene rings is 2. The van der Waals surface area contributed by atoms with E-state index in [1.807, 2.05) is 0 Å². The number of rotatable bonds is 6. The molecule has 22 heavy (non-hydrogen) atoms. The van der Waals surface area contributed by atoms with Crippen molar-refractivity contribution < 1.29 is 20.4 Å². The molecule has 0 aliphatic rings. The molecule has 4 N–H and O–H groups in total. The number of allylic oxidation sites excluding steroid dienone is 1. The molecule has 0 saturated heterocycles. The second-order valence-electron chi connectivity index (χ2n) is 5.23. The second kappa shape index (κ2) is 7.11. The van der Waals surface area contributed by atoms with Gasteiger partial charge in [-0.2, -0.15) is 0 Å². The normalized spacial score (nSPS) is 12.1. The molecule has 0 heterocycles. The molecule has 0 amide bonds. The van der Waals surface area contributed by atoms with Gasteiger partial charge in [-0.3, -0.25) is 0 Å². The molecule has 0 aliphatic carbocycles. The molecule has 2 aromatic rings. The van der Waals surface area contributed by atoms with Gasteiger partial charge in [0, 0.05) is 12.0 Å². The third-order valence-corrected chi connectivity index (χ3v) is 3.50. The summed E-state index contributed by atoms with van der Waals surface area (Å²) in [6.07, 6.45) is 1.71. The van der Waals surface area contributed by atoms with Crippen molar-refractivity contribution in [1.29, 1.82) is 0 Å². The van der Waals surface area contributed by atoms with Crippen LogP contribution in [0.15, 0.2) is 49.1 Å². The molecule has 116 valence electrons. The fourth-order valence-corrected chi connectivity index (χ4v) is 2.35. The van der Waals surface area contributed by atoms with Crippen molar-refractivity contribution >= 4 is 0 Å². The Morgan fingerprint density at radius 1 is 1.05 bits per heavy atom. The Morgan fingerprint density at radius 2 is 1.77 bits per heavy atom. The van der Waals surface area contributed by atoms with Gasteiger partial charge < -0.3 is 20.4 Å². The number of phenolic OH excluding ortho intramolecular Hbond substituents is 2. The molecule has 0 bridgehead atoms. The zero-order valence-electron chi connectivity index (χ0n) is 12.2. The average molecular weight is 300 g/mol. The summed E-state index contributed by atoms with van der Waals surface area (Å²) in [5.41, 5.74) is 2.93. The smallest absolute Gasteiger partial charge is 0.123 e. The Bertz CT molecular complexity index is 664. The zero-order valence-corrected chi connectivity index (χ0v) is 12.2. The van der Waals surface area contributed by atoms with E-state index in [1.54, 1.807) is 42.5 Å². The van der Waals surface area contributed by atoms with Crippen LogP contribution in [-0.2, 0) is 12.8 Å². The third kappa shape index (κ3) is 3.67. The minimum Gasteiger partial charge on any atom is -0.508 e. The summed E-state index contributed by atoms with van der Waals surface area (Å²) in [4.78, 5) is 0. The highest BCUT2D eigenvalue weighted by molar-refractivity contribution is 5.72. The van der Waals surface area contributed by atoms with Crippen LogP contribution >= 0.6 is 0 Å². The van der Waals surface area contributed by atoms with Gasteiger partial charge in [-0.05, 0) is 47.4 Å². The average Bonchev–Trinajstić information content (AvgIpc) is 2.51. The van der Waals surface area contributed by atoms with Gasteiger partial charge in [0.2, 0.25) is 0 Å². The summed E-state index contributed by atoms with van der Waals surface area (Å²) in [5, 5.41) is 38.4. The van der Waals surface area contributed by atoms with Gasteiger partial charge in [0.15, 0.2) is 0 Å². The minimum absolute atomic E-state index is 0.123. The maximum atomic E-state index is 10.1. The van der Waals surface area contributed by atoms with Crippen LogP contribution in [0.4, 0.5) is 0 Å². The lowest BCUT2D eigenvalue weighted by atomic mass is 9.97. The van der Waals surface area contributed by atoms with Crippen molar-refractivity contribution in [1.82, 2.24) is 0 Å². The highest BCUT2D eigenvalue weighted by Gasteiger charge is 2.10. The Morgan fingerprint density at radius 3 is 2.45 bits per heavy atom. The van der Waals surface area contributed by atoms with Crippen molar-refractivity contribution in [2.24, 2.45) is 0 Å². The van der Waals surface area contributed by atoms with Crippen LogP contribution in [-0.4, -0.2) is 33.1 Å². The van der Waals surface area contributed by atoms with Crippen molar-refractivity contribution in [3.63, 3.8) is 0 Å². The molecule has 1 atom stereocenters. The number of aromatic hydroxyl groups is 2. The number of hydrogen-bond acceptors (Lipinski definition) is 4. The first kappa shape index (κ1) is 16.1. The highest BCUT2D eigenvalue weighted by Crippen LogP contribution is 2.33. The fraction of sp³-hybridized carbons (Fsp3) is 0.222. The Kier molecular flexibility index (Phi) is 5.20. The fourth-order valence-electron chi connectivity index (χ4n) is 2.35. The summed E-state index contributed by atoms with van der Waals surface area (Å²) >= 11 is 0. The predicted molar refractivity (Wildman–Crippen MR) is 85.9 cm³/mol. The first-order chi connectivity index (χ1) is 10.5. The molecule has 0 radical (unpaired) electrons. The van der Waals surface area contributed by atoms with Crippen LogP contribution in [0.2, 0.25) is 0 Å². The largest absolute Gasteiger partial charge is 0.508 e. The number of hydrogen-bond donors (Lipinski definition) is 4. The maximum absolute atomic E-state index is 10.1. The topological polar surface area (TPSA) is 80.9 Å². The summed E-state index contributed by atoms with van der Waals surface area (Å²) in [7, 11) is 0. The van der Waals surface area contributed by atoms with Gasteiger partial charge >= 0.3 is 0 Å². The van der Waals surface area contributed by atoms with E-state index in [0.29, 0.717) is 18.4 Å². The van der Waals surface area contributed by atoms with Gasteiger partial charge in [0.1, 0.15) is 11.5 Å². The highest BCUT2D eigenvalue weighted by atomic mass is 16.3. The molecule has 0 fully saturated rings. The van der Waals surface area contributed by atoms with E-state index < -0.39 is 6.10 Å². The van der Waals surface area contributed by atoms with Crippen molar-refractivity contribution in [2.45, 2.75) is 18.9 Å². The summed E-state index contributed by atoms with van der Waals surface area (Å²) in [6, 6.07) is 10.2. The molecule has 0 spiro atoms. The zero-order chi connectivity index (χ0) is 16.1. The maximum Gasteiger partial charge on any atom is 0.123 e. The van der Waals surface area contributed by atoms with Gasteiger partial charge in [-0.15, -0.1) is 6.58 Å². The Labute approximate surface area is 129 Å². The Balaban J connectivity index is 2.40. The quantitative estimate of drug-likeness (QED) is 0.618. The lowest BCUT2D eigenvalue weighted by molar-refractivity contribution is 0.0955. The molecule has 0 saturated carbocycles. The minimum atomic E-state index is -0.825. The lowest BCUT2D eigenvalue weighted by Gasteiger charge is -2.12. The molecular weight excluding hydrogens is 280 g/mol. The molecule has 0 aromatic heterocycles. The third-order valence-electron chi connectivity index (χ3n) is 3.50. The van der Waals surface area contributed by atoms with E-state index in [4.69, 9.17) is 5.11 Å². The first-order valence-electron chi connectivity index (χ1n) is 7.09. The van der Waals surface area contributed by atoms with Crippen LogP contribution in [0.3, 0.4) is 0 Å². The number of aliphatic hydroxyl groups is 2. The van der Waals surface area contributed by atoms with Gasteiger partial charge in [0.25, 0.3) is 0 Å². The van der Waals surface area contributed by atoms with E-state index in [9.17, 15) is 15.3 Å². The predicted octanol–water partition coefficient (Wildman–Crippen LogP) is 2.39. The standard InChI is InChI=1S/C18H20O4/c1-2-3-14-10-13(5-7-17(14)21)16-9-12(4-6-18(16)22)8-15(20)11-19/h2,4-7,9-10,15,19-22H,1,3,8,11H2/t15-/m0/s1. The molecule has 2 rings (SSSR count).